The lowest BCUT2D eigenvalue weighted by Crippen LogP contribution is -1.98. The number of rotatable bonds is 2. The van der Waals surface area contributed by atoms with Crippen LogP contribution in [-0.2, 0) is 6.61 Å². The standard InChI is InChI=1S/C5H6F2N2O/c6-5(7)9-2-1-4(3-10)8-9/h1-2,5,10H,3H2. The Morgan fingerprint density at radius 3 is 2.70 bits per heavy atom. The highest BCUT2D eigenvalue weighted by molar-refractivity contribution is 4.96. The normalized spacial score (nSPS) is 10.8. The second-order valence-electron chi connectivity index (χ2n) is 1.72. The van der Waals surface area contributed by atoms with Gasteiger partial charge in [-0.1, -0.05) is 0 Å². The SMILES string of the molecule is OCc1ccn(C(F)F)n1. The summed E-state index contributed by atoms with van der Waals surface area (Å²) in [6.45, 7) is -2.93. The first-order chi connectivity index (χ1) is 4.74. The third-order valence-corrected chi connectivity index (χ3v) is 1.03. The molecule has 0 unspecified atom stereocenters. The molecular weight excluding hydrogens is 142 g/mol. The Bertz CT molecular complexity index is 211. The molecule has 1 aromatic rings. The minimum Gasteiger partial charge on any atom is -0.390 e. The highest BCUT2D eigenvalue weighted by Gasteiger charge is 2.05. The van der Waals surface area contributed by atoms with Crippen LogP contribution in [0.2, 0.25) is 0 Å². The highest BCUT2D eigenvalue weighted by Crippen LogP contribution is 2.07. The van der Waals surface area contributed by atoms with Crippen molar-refractivity contribution in [1.82, 2.24) is 9.78 Å². The zero-order valence-electron chi connectivity index (χ0n) is 5.04. The van der Waals surface area contributed by atoms with E-state index in [0.29, 0.717) is 4.68 Å². The Balaban J connectivity index is 2.78. The van der Waals surface area contributed by atoms with Crippen molar-refractivity contribution in [2.24, 2.45) is 0 Å². The molecule has 0 aliphatic rings. The lowest BCUT2D eigenvalue weighted by atomic mass is 10.5. The minimum absolute atomic E-state index is 0.250. The average Bonchev–Trinajstić information content (AvgIpc) is 2.34. The molecule has 0 saturated heterocycles. The van der Waals surface area contributed by atoms with Gasteiger partial charge in [-0.15, -0.1) is 0 Å². The lowest BCUT2D eigenvalue weighted by Gasteiger charge is -1.95. The maximum absolute atomic E-state index is 11.7. The first-order valence-corrected chi connectivity index (χ1v) is 2.67. The van der Waals surface area contributed by atoms with Crippen LogP contribution in [0.15, 0.2) is 12.3 Å². The van der Waals surface area contributed by atoms with Gasteiger partial charge in [-0.3, -0.25) is 0 Å². The van der Waals surface area contributed by atoms with Crippen molar-refractivity contribution < 1.29 is 13.9 Å². The molecule has 0 radical (unpaired) electrons. The summed E-state index contributed by atoms with van der Waals surface area (Å²) in [4.78, 5) is 0. The lowest BCUT2D eigenvalue weighted by molar-refractivity contribution is 0.0556. The number of aliphatic hydroxyl groups is 1. The van der Waals surface area contributed by atoms with Crippen molar-refractivity contribution >= 4 is 0 Å². The third kappa shape index (κ3) is 1.30. The van der Waals surface area contributed by atoms with Gasteiger partial charge in [0.05, 0.1) is 12.3 Å². The smallest absolute Gasteiger partial charge is 0.333 e. The van der Waals surface area contributed by atoms with Crippen LogP contribution in [-0.4, -0.2) is 14.9 Å². The molecule has 1 rings (SSSR count). The molecule has 0 amide bonds. The van der Waals surface area contributed by atoms with Crippen LogP contribution < -0.4 is 0 Å². The molecule has 0 aliphatic carbocycles. The van der Waals surface area contributed by atoms with Gasteiger partial charge in [0.25, 0.3) is 0 Å². The summed E-state index contributed by atoms with van der Waals surface area (Å²) >= 11 is 0. The molecule has 3 nitrogen and oxygen atoms in total. The van der Waals surface area contributed by atoms with E-state index in [1.165, 1.54) is 6.07 Å². The summed E-state index contributed by atoms with van der Waals surface area (Å²) in [7, 11) is 0. The van der Waals surface area contributed by atoms with E-state index in [9.17, 15) is 8.78 Å². The summed E-state index contributed by atoms with van der Waals surface area (Å²) < 4.78 is 24.0. The van der Waals surface area contributed by atoms with Gasteiger partial charge in [-0.2, -0.15) is 13.9 Å². The predicted molar refractivity (Wildman–Crippen MR) is 29.4 cm³/mol. The van der Waals surface area contributed by atoms with Crippen LogP contribution >= 0.6 is 0 Å². The molecule has 56 valence electrons. The van der Waals surface area contributed by atoms with Gasteiger partial charge in [-0.25, -0.2) is 4.68 Å². The molecule has 5 heteroatoms. The molecule has 10 heavy (non-hydrogen) atoms. The van der Waals surface area contributed by atoms with Crippen LogP contribution in [0.5, 0.6) is 0 Å². The number of aromatic nitrogens is 2. The molecule has 1 N–H and O–H groups in total. The van der Waals surface area contributed by atoms with E-state index in [1.807, 2.05) is 0 Å². The topological polar surface area (TPSA) is 38.0 Å². The zero-order valence-corrected chi connectivity index (χ0v) is 5.04. The largest absolute Gasteiger partial charge is 0.390 e. The van der Waals surface area contributed by atoms with Crippen molar-refractivity contribution in [2.75, 3.05) is 0 Å². The number of hydrogen-bond acceptors (Lipinski definition) is 2. The molecule has 0 fully saturated rings. The van der Waals surface area contributed by atoms with Gasteiger partial charge in [0.1, 0.15) is 0 Å². The average molecular weight is 148 g/mol. The van der Waals surface area contributed by atoms with Gasteiger partial charge in [0, 0.05) is 6.20 Å². The van der Waals surface area contributed by atoms with Gasteiger partial charge in [0.15, 0.2) is 0 Å². The fourth-order valence-corrected chi connectivity index (χ4v) is 0.570. The van der Waals surface area contributed by atoms with Crippen molar-refractivity contribution in [3.8, 4) is 0 Å². The number of alkyl halides is 2. The first kappa shape index (κ1) is 7.14. The van der Waals surface area contributed by atoms with Crippen molar-refractivity contribution in [2.45, 2.75) is 13.2 Å². The second kappa shape index (κ2) is 2.74. The van der Waals surface area contributed by atoms with Crippen molar-refractivity contribution in [3.05, 3.63) is 18.0 Å². The molecular formula is C5H6F2N2O. The first-order valence-electron chi connectivity index (χ1n) is 2.67. The Hall–Kier alpha value is -0.970. The molecule has 0 atom stereocenters. The van der Waals surface area contributed by atoms with E-state index in [1.54, 1.807) is 0 Å². The Morgan fingerprint density at radius 2 is 2.40 bits per heavy atom. The van der Waals surface area contributed by atoms with Gasteiger partial charge < -0.3 is 5.11 Å². The maximum Gasteiger partial charge on any atom is 0.333 e. The second-order valence-corrected chi connectivity index (χ2v) is 1.72. The number of nitrogens with zero attached hydrogens (tertiary/aromatic N) is 2. The molecule has 0 spiro atoms. The molecule has 0 aromatic carbocycles. The Labute approximate surface area is 55.9 Å². The molecule has 0 aliphatic heterocycles. The molecule has 0 saturated carbocycles. The number of halogens is 2. The summed E-state index contributed by atoms with van der Waals surface area (Å²) in [5, 5.41) is 11.8. The Morgan fingerprint density at radius 1 is 1.70 bits per heavy atom. The maximum atomic E-state index is 11.7. The van der Waals surface area contributed by atoms with E-state index in [-0.39, 0.29) is 12.3 Å². The van der Waals surface area contributed by atoms with Crippen LogP contribution in [0.1, 0.15) is 12.2 Å². The van der Waals surface area contributed by atoms with Crippen molar-refractivity contribution in [1.29, 1.82) is 0 Å². The van der Waals surface area contributed by atoms with E-state index < -0.39 is 6.55 Å². The quantitative estimate of drug-likeness (QED) is 0.672. The van der Waals surface area contributed by atoms with Gasteiger partial charge in [-0.05, 0) is 6.07 Å². The molecule has 1 heterocycles. The monoisotopic (exact) mass is 148 g/mol. The highest BCUT2D eigenvalue weighted by atomic mass is 19.3. The van der Waals surface area contributed by atoms with E-state index >= 15 is 0 Å². The third-order valence-electron chi connectivity index (χ3n) is 1.03. The van der Waals surface area contributed by atoms with E-state index in [0.717, 1.165) is 6.20 Å². The van der Waals surface area contributed by atoms with Gasteiger partial charge >= 0.3 is 6.55 Å². The van der Waals surface area contributed by atoms with Crippen LogP contribution in [0.3, 0.4) is 0 Å². The fourth-order valence-electron chi connectivity index (χ4n) is 0.570. The summed E-state index contributed by atoms with van der Waals surface area (Å²) in [5.74, 6) is 0. The summed E-state index contributed by atoms with van der Waals surface area (Å²) in [6, 6.07) is 1.34. The predicted octanol–water partition coefficient (Wildman–Crippen LogP) is 0.771. The van der Waals surface area contributed by atoms with Gasteiger partial charge in [0.2, 0.25) is 0 Å². The summed E-state index contributed by atoms with van der Waals surface area (Å²) in [6.07, 6.45) is 1.12. The van der Waals surface area contributed by atoms with Crippen LogP contribution in [0, 0.1) is 0 Å². The fraction of sp³-hybridized carbons (Fsp3) is 0.400. The molecule has 0 bridgehead atoms. The van der Waals surface area contributed by atoms with E-state index in [2.05, 4.69) is 5.10 Å². The van der Waals surface area contributed by atoms with Crippen LogP contribution in [0.4, 0.5) is 8.78 Å². The van der Waals surface area contributed by atoms with Crippen molar-refractivity contribution in [3.63, 3.8) is 0 Å². The molecule has 1 aromatic heterocycles. The zero-order chi connectivity index (χ0) is 7.56. The van der Waals surface area contributed by atoms with Crippen LogP contribution in [0.25, 0.3) is 0 Å². The minimum atomic E-state index is -2.62. The Kier molecular flexibility index (Phi) is 1.96. The summed E-state index contributed by atoms with van der Waals surface area (Å²) in [5.41, 5.74) is 0.250. The number of aliphatic hydroxyl groups excluding tert-OH is 1. The number of hydrogen-bond donors (Lipinski definition) is 1. The van der Waals surface area contributed by atoms with E-state index in [4.69, 9.17) is 5.11 Å².